The van der Waals surface area contributed by atoms with E-state index in [9.17, 15) is 0 Å². The topological polar surface area (TPSA) is 61.8 Å². The van der Waals surface area contributed by atoms with E-state index in [0.29, 0.717) is 19.8 Å². The zero-order valence-electron chi connectivity index (χ0n) is 14.5. The molecule has 0 fully saturated rings. The van der Waals surface area contributed by atoms with Crippen molar-refractivity contribution in [3.05, 3.63) is 59.6 Å². The van der Waals surface area contributed by atoms with Gasteiger partial charge in [-0.05, 0) is 24.3 Å². The van der Waals surface area contributed by atoms with Crippen LogP contribution in [-0.4, -0.2) is 30.8 Å². The maximum Gasteiger partial charge on any atom is 0.183 e. The molecule has 0 saturated carbocycles. The average Bonchev–Trinajstić information content (AvgIpc) is 3.21. The molecule has 2 aliphatic rings. The van der Waals surface area contributed by atoms with Crippen molar-refractivity contribution in [3.63, 3.8) is 0 Å². The van der Waals surface area contributed by atoms with Crippen LogP contribution in [0.4, 0.5) is 5.13 Å². The van der Waals surface area contributed by atoms with Crippen LogP contribution in [0.5, 0.6) is 23.0 Å². The molecular formula is C20H18N2O4S. The fourth-order valence-electron chi connectivity index (χ4n) is 3.05. The Morgan fingerprint density at radius 1 is 0.889 bits per heavy atom. The Bertz CT molecular complexity index is 945. The minimum Gasteiger partial charge on any atom is -0.486 e. The number of fused-ring (bicyclic) bond motifs is 2. The molecule has 0 saturated heterocycles. The molecule has 3 aromatic rings. The zero-order valence-corrected chi connectivity index (χ0v) is 15.3. The summed E-state index contributed by atoms with van der Waals surface area (Å²) in [4.78, 5) is 4.64. The Morgan fingerprint density at radius 3 is 2.33 bits per heavy atom. The Balaban J connectivity index is 1.20. The van der Waals surface area contributed by atoms with Crippen molar-refractivity contribution in [1.29, 1.82) is 0 Å². The van der Waals surface area contributed by atoms with Gasteiger partial charge in [0, 0.05) is 5.38 Å². The summed E-state index contributed by atoms with van der Waals surface area (Å²) in [5.41, 5.74) is 0.864. The van der Waals surface area contributed by atoms with Gasteiger partial charge in [0.2, 0.25) is 0 Å². The van der Waals surface area contributed by atoms with Crippen LogP contribution >= 0.6 is 11.3 Å². The van der Waals surface area contributed by atoms with Gasteiger partial charge in [0.15, 0.2) is 34.2 Å². The maximum absolute atomic E-state index is 6.01. The van der Waals surface area contributed by atoms with E-state index in [0.717, 1.165) is 33.8 Å². The molecule has 1 aromatic heterocycles. The van der Waals surface area contributed by atoms with Gasteiger partial charge in [-0.15, -0.1) is 11.3 Å². The maximum atomic E-state index is 6.01. The van der Waals surface area contributed by atoms with Crippen LogP contribution < -0.4 is 24.3 Å². The number of rotatable bonds is 4. The van der Waals surface area contributed by atoms with Crippen molar-refractivity contribution in [3.8, 4) is 23.0 Å². The van der Waals surface area contributed by atoms with Gasteiger partial charge in [-0.25, -0.2) is 4.98 Å². The van der Waals surface area contributed by atoms with E-state index in [1.807, 2.05) is 53.9 Å². The molecule has 1 N–H and O–H groups in total. The lowest BCUT2D eigenvalue weighted by molar-refractivity contribution is 0.0887. The lowest BCUT2D eigenvalue weighted by Gasteiger charge is -2.26. The third kappa shape index (κ3) is 3.38. The SMILES string of the molecule is c1ccc2c(c1)OCC(CNc1nc(C3COc4ccccc4O3)cs1)O2. The average molecular weight is 382 g/mol. The van der Waals surface area contributed by atoms with Gasteiger partial charge in [-0.2, -0.15) is 0 Å². The minimum absolute atomic E-state index is 0.0617. The van der Waals surface area contributed by atoms with Crippen LogP contribution in [0.25, 0.3) is 0 Å². The number of anilines is 1. The summed E-state index contributed by atoms with van der Waals surface area (Å²) in [6.07, 6.45) is -0.263. The molecule has 0 radical (unpaired) electrons. The molecule has 5 rings (SSSR count). The predicted octanol–water partition coefficient (Wildman–Crippen LogP) is 3.91. The highest BCUT2D eigenvalue weighted by atomic mass is 32.1. The lowest BCUT2D eigenvalue weighted by atomic mass is 10.2. The summed E-state index contributed by atoms with van der Waals surface area (Å²) in [5, 5.41) is 6.16. The molecule has 0 spiro atoms. The van der Waals surface area contributed by atoms with Gasteiger partial charge in [0.25, 0.3) is 0 Å². The molecule has 7 heteroatoms. The van der Waals surface area contributed by atoms with Crippen LogP contribution in [0.3, 0.4) is 0 Å². The lowest BCUT2D eigenvalue weighted by Crippen LogP contribution is -2.35. The molecule has 2 unspecified atom stereocenters. The number of thiazole rings is 1. The first-order valence-corrected chi connectivity index (χ1v) is 9.69. The van der Waals surface area contributed by atoms with Crippen molar-refractivity contribution in [2.24, 2.45) is 0 Å². The van der Waals surface area contributed by atoms with Crippen molar-refractivity contribution >= 4 is 16.5 Å². The smallest absolute Gasteiger partial charge is 0.183 e. The second kappa shape index (κ2) is 7.00. The first-order valence-electron chi connectivity index (χ1n) is 8.81. The number of nitrogens with one attached hydrogen (secondary N) is 1. The number of hydrogen-bond acceptors (Lipinski definition) is 7. The summed E-state index contributed by atoms with van der Waals surface area (Å²) < 4.78 is 23.5. The summed E-state index contributed by atoms with van der Waals surface area (Å²) in [6.45, 7) is 1.58. The quantitative estimate of drug-likeness (QED) is 0.738. The number of nitrogens with zero attached hydrogens (tertiary/aromatic N) is 1. The monoisotopic (exact) mass is 382 g/mol. The number of aromatic nitrogens is 1. The molecule has 3 heterocycles. The Morgan fingerprint density at radius 2 is 1.56 bits per heavy atom. The van der Waals surface area contributed by atoms with E-state index in [2.05, 4.69) is 10.3 Å². The first-order chi connectivity index (χ1) is 13.3. The molecule has 0 aliphatic carbocycles. The van der Waals surface area contributed by atoms with E-state index in [1.165, 1.54) is 0 Å². The van der Waals surface area contributed by atoms with Gasteiger partial charge in [0.1, 0.15) is 19.3 Å². The van der Waals surface area contributed by atoms with Crippen molar-refractivity contribution < 1.29 is 18.9 Å². The molecule has 0 bridgehead atoms. The second-order valence-electron chi connectivity index (χ2n) is 6.32. The predicted molar refractivity (Wildman–Crippen MR) is 102 cm³/mol. The molecule has 2 atom stereocenters. The summed E-state index contributed by atoms with van der Waals surface area (Å²) >= 11 is 1.54. The van der Waals surface area contributed by atoms with Crippen molar-refractivity contribution in [1.82, 2.24) is 4.98 Å². The minimum atomic E-state index is -0.201. The Kier molecular flexibility index (Phi) is 4.21. The number of hydrogen-bond donors (Lipinski definition) is 1. The highest BCUT2D eigenvalue weighted by Gasteiger charge is 2.25. The fourth-order valence-corrected chi connectivity index (χ4v) is 3.81. The molecule has 138 valence electrons. The van der Waals surface area contributed by atoms with Crippen LogP contribution in [-0.2, 0) is 0 Å². The van der Waals surface area contributed by atoms with Crippen molar-refractivity contribution in [2.45, 2.75) is 12.2 Å². The number of ether oxygens (including phenoxy) is 4. The summed E-state index contributed by atoms with van der Waals surface area (Å²) in [7, 11) is 0. The van der Waals surface area contributed by atoms with Crippen molar-refractivity contribution in [2.75, 3.05) is 25.1 Å². The van der Waals surface area contributed by atoms with Crippen LogP contribution in [0.1, 0.15) is 11.8 Å². The molecule has 6 nitrogen and oxygen atoms in total. The Hall–Kier alpha value is -2.93. The molecular weight excluding hydrogens is 364 g/mol. The highest BCUT2D eigenvalue weighted by molar-refractivity contribution is 7.13. The van der Waals surface area contributed by atoms with E-state index >= 15 is 0 Å². The third-order valence-corrected chi connectivity index (χ3v) is 5.23. The van der Waals surface area contributed by atoms with Crippen LogP contribution in [0.15, 0.2) is 53.9 Å². The first kappa shape index (κ1) is 16.3. The Labute approximate surface area is 160 Å². The van der Waals surface area contributed by atoms with Crippen LogP contribution in [0, 0.1) is 0 Å². The van der Waals surface area contributed by atoms with Gasteiger partial charge in [-0.1, -0.05) is 24.3 Å². The largest absolute Gasteiger partial charge is 0.486 e. The third-order valence-electron chi connectivity index (χ3n) is 4.41. The fraction of sp³-hybridized carbons (Fsp3) is 0.250. The number of benzene rings is 2. The number of para-hydroxylation sites is 4. The summed E-state index contributed by atoms with van der Waals surface area (Å²) in [5.74, 6) is 3.10. The van der Waals surface area contributed by atoms with Crippen LogP contribution in [0.2, 0.25) is 0 Å². The zero-order chi connectivity index (χ0) is 18.1. The van der Waals surface area contributed by atoms with Gasteiger partial charge in [0.05, 0.1) is 12.2 Å². The standard InChI is InChI=1S/C20H18N2O4S/c1-3-7-17-15(5-1)23-10-13(25-17)9-21-20-22-14(12-27-20)19-11-24-16-6-2-4-8-18(16)26-19/h1-8,12-13,19H,9-11H2,(H,21,22). The van der Waals surface area contributed by atoms with E-state index in [-0.39, 0.29) is 12.2 Å². The summed E-state index contributed by atoms with van der Waals surface area (Å²) in [6, 6.07) is 15.4. The van der Waals surface area contributed by atoms with E-state index < -0.39 is 0 Å². The molecule has 2 aromatic carbocycles. The highest BCUT2D eigenvalue weighted by Crippen LogP contribution is 2.36. The van der Waals surface area contributed by atoms with Gasteiger partial charge < -0.3 is 24.3 Å². The molecule has 2 aliphatic heterocycles. The second-order valence-corrected chi connectivity index (χ2v) is 7.18. The van der Waals surface area contributed by atoms with E-state index in [4.69, 9.17) is 18.9 Å². The molecule has 0 amide bonds. The van der Waals surface area contributed by atoms with Gasteiger partial charge >= 0.3 is 0 Å². The molecule has 27 heavy (non-hydrogen) atoms. The van der Waals surface area contributed by atoms with Gasteiger partial charge in [-0.3, -0.25) is 0 Å². The van der Waals surface area contributed by atoms with E-state index in [1.54, 1.807) is 11.3 Å². The normalized spacial score (nSPS) is 20.1.